The molecule has 0 aliphatic carbocycles. The number of nitrogens with one attached hydrogen (secondary N) is 2. The molecule has 0 fully saturated rings. The summed E-state index contributed by atoms with van der Waals surface area (Å²) in [5.41, 5.74) is 2.01. The van der Waals surface area contributed by atoms with E-state index in [9.17, 15) is 4.79 Å². The molecule has 0 bridgehead atoms. The first-order valence-corrected chi connectivity index (χ1v) is 5.79. The minimum absolute atomic E-state index is 0.00430. The smallest absolute Gasteiger partial charge is 0.242 e. The largest absolute Gasteiger partial charge is 0.380 e. The van der Waals surface area contributed by atoms with E-state index in [2.05, 4.69) is 10.6 Å². The molecule has 0 radical (unpaired) electrons. The van der Waals surface area contributed by atoms with E-state index < -0.39 is 0 Å². The van der Waals surface area contributed by atoms with E-state index in [-0.39, 0.29) is 11.9 Å². The summed E-state index contributed by atoms with van der Waals surface area (Å²) in [6.45, 7) is 4.97. The Kier molecular flexibility index (Phi) is 5.49. The first kappa shape index (κ1) is 13.5. The van der Waals surface area contributed by atoms with Gasteiger partial charge in [-0.2, -0.15) is 0 Å². The van der Waals surface area contributed by atoms with Gasteiger partial charge in [0.2, 0.25) is 5.91 Å². The highest BCUT2D eigenvalue weighted by Gasteiger charge is 2.10. The third kappa shape index (κ3) is 4.44. The van der Waals surface area contributed by atoms with Crippen molar-refractivity contribution in [3.05, 3.63) is 29.8 Å². The number of anilines is 1. The van der Waals surface area contributed by atoms with E-state index in [1.807, 2.05) is 38.1 Å². The monoisotopic (exact) mass is 236 g/mol. The van der Waals surface area contributed by atoms with Crippen LogP contribution in [-0.4, -0.2) is 25.6 Å². The fourth-order valence-corrected chi connectivity index (χ4v) is 1.56. The molecule has 94 valence electrons. The molecule has 1 amide bonds. The summed E-state index contributed by atoms with van der Waals surface area (Å²) < 4.78 is 5.07. The Bertz CT molecular complexity index is 366. The van der Waals surface area contributed by atoms with Crippen molar-refractivity contribution in [1.29, 1.82) is 0 Å². The van der Waals surface area contributed by atoms with Crippen LogP contribution in [0.4, 0.5) is 5.69 Å². The molecule has 0 saturated carbocycles. The topological polar surface area (TPSA) is 50.4 Å². The molecule has 0 aliphatic heterocycles. The van der Waals surface area contributed by atoms with Crippen molar-refractivity contribution in [2.45, 2.75) is 26.5 Å². The van der Waals surface area contributed by atoms with Crippen molar-refractivity contribution in [1.82, 2.24) is 5.32 Å². The lowest BCUT2D eigenvalue weighted by Gasteiger charge is -2.15. The lowest BCUT2D eigenvalue weighted by molar-refractivity contribution is -0.121. The highest BCUT2D eigenvalue weighted by molar-refractivity contribution is 5.84. The standard InChI is InChI=1S/C13H20N2O2/c1-4-14-13(16)10(2)15-12-7-5-6-11(8-12)9-17-3/h5-8,10,15H,4,9H2,1-3H3,(H,14,16). The van der Waals surface area contributed by atoms with Gasteiger partial charge in [-0.1, -0.05) is 12.1 Å². The fraction of sp³-hybridized carbons (Fsp3) is 0.462. The van der Waals surface area contributed by atoms with Gasteiger partial charge in [0.1, 0.15) is 6.04 Å². The lowest BCUT2D eigenvalue weighted by atomic mass is 10.2. The van der Waals surface area contributed by atoms with Gasteiger partial charge in [0.25, 0.3) is 0 Å². The molecule has 0 saturated heterocycles. The summed E-state index contributed by atoms with van der Waals surface area (Å²) in [5, 5.41) is 5.94. The minimum atomic E-state index is -0.243. The van der Waals surface area contributed by atoms with Gasteiger partial charge in [0.05, 0.1) is 6.61 Å². The number of carbonyl (C=O) groups is 1. The number of hydrogen-bond donors (Lipinski definition) is 2. The Hall–Kier alpha value is -1.55. The normalized spacial score (nSPS) is 11.9. The van der Waals surface area contributed by atoms with E-state index in [0.29, 0.717) is 13.2 Å². The minimum Gasteiger partial charge on any atom is -0.380 e. The number of hydrogen-bond acceptors (Lipinski definition) is 3. The van der Waals surface area contributed by atoms with E-state index >= 15 is 0 Å². The molecule has 2 N–H and O–H groups in total. The maximum absolute atomic E-state index is 11.6. The maximum atomic E-state index is 11.6. The molecule has 1 rings (SSSR count). The van der Waals surface area contributed by atoms with Gasteiger partial charge in [-0.25, -0.2) is 0 Å². The van der Waals surface area contributed by atoms with Crippen LogP contribution >= 0.6 is 0 Å². The zero-order valence-electron chi connectivity index (χ0n) is 10.6. The Morgan fingerprint density at radius 2 is 2.24 bits per heavy atom. The van der Waals surface area contributed by atoms with Crippen molar-refractivity contribution in [3.8, 4) is 0 Å². The van der Waals surface area contributed by atoms with Crippen LogP contribution in [0, 0.1) is 0 Å². The van der Waals surface area contributed by atoms with Crippen LogP contribution in [0.5, 0.6) is 0 Å². The third-order valence-electron chi connectivity index (χ3n) is 2.37. The zero-order valence-corrected chi connectivity index (χ0v) is 10.6. The summed E-state index contributed by atoms with van der Waals surface area (Å²) in [7, 11) is 1.66. The Balaban J connectivity index is 2.61. The molecular formula is C13H20N2O2. The first-order valence-electron chi connectivity index (χ1n) is 5.79. The van der Waals surface area contributed by atoms with Gasteiger partial charge in [0.15, 0.2) is 0 Å². The van der Waals surface area contributed by atoms with E-state index in [1.54, 1.807) is 7.11 Å². The molecule has 4 nitrogen and oxygen atoms in total. The van der Waals surface area contributed by atoms with Crippen LogP contribution in [0.3, 0.4) is 0 Å². The first-order chi connectivity index (χ1) is 8.17. The number of benzene rings is 1. The van der Waals surface area contributed by atoms with Crippen molar-refractivity contribution < 1.29 is 9.53 Å². The summed E-state index contributed by atoms with van der Waals surface area (Å²) >= 11 is 0. The van der Waals surface area contributed by atoms with Crippen LogP contribution < -0.4 is 10.6 Å². The molecule has 1 unspecified atom stereocenters. The molecule has 4 heteroatoms. The highest BCUT2D eigenvalue weighted by Crippen LogP contribution is 2.12. The van der Waals surface area contributed by atoms with Crippen LogP contribution in [-0.2, 0) is 16.1 Å². The summed E-state index contributed by atoms with van der Waals surface area (Å²) in [6, 6.07) is 7.62. The molecule has 17 heavy (non-hydrogen) atoms. The van der Waals surface area contributed by atoms with E-state index in [1.165, 1.54) is 0 Å². The van der Waals surface area contributed by atoms with E-state index in [0.717, 1.165) is 11.3 Å². The fourth-order valence-electron chi connectivity index (χ4n) is 1.56. The SMILES string of the molecule is CCNC(=O)C(C)Nc1cccc(COC)c1. The van der Waals surface area contributed by atoms with Crippen molar-refractivity contribution in [2.75, 3.05) is 19.0 Å². The number of amides is 1. The second-order valence-corrected chi connectivity index (χ2v) is 3.89. The Morgan fingerprint density at radius 1 is 1.47 bits per heavy atom. The number of methoxy groups -OCH3 is 1. The quantitative estimate of drug-likeness (QED) is 0.791. The summed E-state index contributed by atoms with van der Waals surface area (Å²) in [5.74, 6) is 0.00430. The number of carbonyl (C=O) groups excluding carboxylic acids is 1. The molecule has 1 aromatic carbocycles. The summed E-state index contributed by atoms with van der Waals surface area (Å²) in [6.07, 6.45) is 0. The zero-order chi connectivity index (χ0) is 12.7. The molecular weight excluding hydrogens is 216 g/mol. The summed E-state index contributed by atoms with van der Waals surface area (Å²) in [4.78, 5) is 11.6. The molecule has 0 spiro atoms. The number of likely N-dealkylation sites (N-methyl/N-ethyl adjacent to an activating group) is 1. The predicted molar refractivity (Wildman–Crippen MR) is 68.9 cm³/mol. The average Bonchev–Trinajstić information content (AvgIpc) is 2.30. The van der Waals surface area contributed by atoms with Crippen molar-refractivity contribution in [2.24, 2.45) is 0 Å². The Morgan fingerprint density at radius 3 is 2.88 bits per heavy atom. The molecule has 0 heterocycles. The molecule has 0 aliphatic rings. The van der Waals surface area contributed by atoms with Gasteiger partial charge in [0, 0.05) is 19.3 Å². The number of ether oxygens (including phenoxy) is 1. The van der Waals surface area contributed by atoms with E-state index in [4.69, 9.17) is 4.74 Å². The second kappa shape index (κ2) is 6.91. The van der Waals surface area contributed by atoms with Gasteiger partial charge in [-0.05, 0) is 31.5 Å². The van der Waals surface area contributed by atoms with Gasteiger partial charge >= 0.3 is 0 Å². The average molecular weight is 236 g/mol. The maximum Gasteiger partial charge on any atom is 0.242 e. The van der Waals surface area contributed by atoms with Gasteiger partial charge in [-0.15, -0.1) is 0 Å². The third-order valence-corrected chi connectivity index (χ3v) is 2.37. The van der Waals surface area contributed by atoms with Gasteiger partial charge in [-0.3, -0.25) is 4.79 Å². The molecule has 0 aromatic heterocycles. The van der Waals surface area contributed by atoms with Crippen LogP contribution in [0.15, 0.2) is 24.3 Å². The van der Waals surface area contributed by atoms with Crippen LogP contribution in [0.2, 0.25) is 0 Å². The molecule has 1 atom stereocenters. The van der Waals surface area contributed by atoms with Crippen molar-refractivity contribution in [3.63, 3.8) is 0 Å². The van der Waals surface area contributed by atoms with Crippen molar-refractivity contribution >= 4 is 11.6 Å². The molecule has 1 aromatic rings. The predicted octanol–water partition coefficient (Wildman–Crippen LogP) is 1.77. The second-order valence-electron chi connectivity index (χ2n) is 3.89. The van der Waals surface area contributed by atoms with Crippen LogP contribution in [0.1, 0.15) is 19.4 Å². The lowest BCUT2D eigenvalue weighted by Crippen LogP contribution is -2.37. The Labute approximate surface area is 102 Å². The van der Waals surface area contributed by atoms with Crippen LogP contribution in [0.25, 0.3) is 0 Å². The highest BCUT2D eigenvalue weighted by atomic mass is 16.5. The van der Waals surface area contributed by atoms with Gasteiger partial charge < -0.3 is 15.4 Å². The number of rotatable bonds is 6.